The Bertz CT molecular complexity index is 1100. The number of nitrogens with one attached hydrogen (secondary N) is 2. The number of aromatic nitrogens is 3. The Morgan fingerprint density at radius 2 is 1.97 bits per heavy atom. The molecule has 1 amide bonds. The number of aliphatic carboxylic acids is 1. The highest BCUT2D eigenvalue weighted by molar-refractivity contribution is 7.09. The molecule has 0 radical (unpaired) electrons. The fourth-order valence-corrected chi connectivity index (χ4v) is 3.77. The van der Waals surface area contributed by atoms with Gasteiger partial charge < -0.3 is 20.6 Å². The van der Waals surface area contributed by atoms with Crippen LogP contribution < -0.4 is 15.5 Å². The summed E-state index contributed by atoms with van der Waals surface area (Å²) in [5.41, 5.74) is 1.84. The molecular formula is C18H18ClF3N6O3S. The van der Waals surface area contributed by atoms with Crippen LogP contribution in [0.5, 0.6) is 0 Å². The summed E-state index contributed by atoms with van der Waals surface area (Å²) in [5, 5.41) is 22.0. The summed E-state index contributed by atoms with van der Waals surface area (Å²) in [6.07, 6.45) is -2.30. The number of thiophene rings is 1. The van der Waals surface area contributed by atoms with Crippen LogP contribution in [0.25, 0.3) is 5.52 Å². The number of alkyl halides is 3. The van der Waals surface area contributed by atoms with Gasteiger partial charge in [-0.15, -0.1) is 16.4 Å². The van der Waals surface area contributed by atoms with Crippen molar-refractivity contribution in [2.24, 2.45) is 0 Å². The quantitative estimate of drug-likeness (QED) is 0.517. The maximum absolute atomic E-state index is 12.6. The van der Waals surface area contributed by atoms with E-state index in [0.717, 1.165) is 38.1 Å². The van der Waals surface area contributed by atoms with Crippen LogP contribution in [0.4, 0.5) is 24.8 Å². The number of carboxylic acid groups (broad SMARTS) is 1. The number of carboxylic acids is 1. The molecule has 14 heteroatoms. The average Bonchev–Trinajstić information content (AvgIpc) is 3.23. The average molecular weight is 491 g/mol. The van der Waals surface area contributed by atoms with Gasteiger partial charge in [0.05, 0.1) is 22.4 Å². The highest BCUT2D eigenvalue weighted by Crippen LogP contribution is 2.26. The molecule has 9 nitrogen and oxygen atoms in total. The smallest absolute Gasteiger partial charge is 0.475 e. The minimum atomic E-state index is -5.08. The van der Waals surface area contributed by atoms with Crippen LogP contribution in [-0.2, 0) is 4.79 Å². The topological polar surface area (TPSA) is 112 Å². The molecule has 1 aliphatic rings. The third kappa shape index (κ3) is 5.87. The highest BCUT2D eigenvalue weighted by atomic mass is 35.5. The van der Waals surface area contributed by atoms with Crippen molar-refractivity contribution in [3.8, 4) is 0 Å². The molecule has 0 unspecified atom stereocenters. The summed E-state index contributed by atoms with van der Waals surface area (Å²) in [4.78, 5) is 28.1. The molecule has 3 N–H and O–H groups in total. The molecule has 0 atom stereocenters. The summed E-state index contributed by atoms with van der Waals surface area (Å²) >= 11 is 7.50. The minimum Gasteiger partial charge on any atom is -0.475 e. The van der Waals surface area contributed by atoms with Crippen molar-refractivity contribution in [2.45, 2.75) is 12.6 Å². The van der Waals surface area contributed by atoms with Gasteiger partial charge in [-0.1, -0.05) is 11.6 Å². The third-order valence-corrected chi connectivity index (χ3v) is 5.53. The molecule has 3 aromatic heterocycles. The van der Waals surface area contributed by atoms with Gasteiger partial charge in [0, 0.05) is 30.4 Å². The van der Waals surface area contributed by atoms with Crippen molar-refractivity contribution in [2.75, 3.05) is 36.4 Å². The van der Waals surface area contributed by atoms with Crippen molar-refractivity contribution in [1.29, 1.82) is 0 Å². The van der Waals surface area contributed by atoms with Crippen LogP contribution in [0.3, 0.4) is 0 Å². The number of anilines is 2. The minimum absolute atomic E-state index is 0.248. The fourth-order valence-electron chi connectivity index (χ4n) is 2.81. The lowest BCUT2D eigenvalue weighted by Crippen LogP contribution is -2.30. The number of rotatable bonds is 3. The number of halogens is 4. The molecule has 4 rings (SSSR count). The van der Waals surface area contributed by atoms with Crippen molar-refractivity contribution in [3.63, 3.8) is 0 Å². The first-order chi connectivity index (χ1) is 15.2. The molecule has 1 aliphatic heterocycles. The molecule has 1 saturated heterocycles. The van der Waals surface area contributed by atoms with Gasteiger partial charge in [0.15, 0.2) is 0 Å². The molecule has 0 spiro atoms. The maximum Gasteiger partial charge on any atom is 0.490 e. The lowest BCUT2D eigenvalue weighted by Gasteiger charge is -2.19. The van der Waals surface area contributed by atoms with Gasteiger partial charge in [0.1, 0.15) is 5.69 Å². The van der Waals surface area contributed by atoms with Crippen molar-refractivity contribution in [3.05, 3.63) is 39.8 Å². The van der Waals surface area contributed by atoms with Crippen LogP contribution in [0.1, 0.15) is 16.9 Å². The highest BCUT2D eigenvalue weighted by Gasteiger charge is 2.38. The van der Waals surface area contributed by atoms with E-state index in [2.05, 4.69) is 25.6 Å². The van der Waals surface area contributed by atoms with Gasteiger partial charge >= 0.3 is 12.1 Å². The maximum atomic E-state index is 12.6. The predicted octanol–water partition coefficient (Wildman–Crippen LogP) is 3.13. The second-order valence-corrected chi connectivity index (χ2v) is 7.75. The van der Waals surface area contributed by atoms with Crippen LogP contribution in [0.15, 0.2) is 29.1 Å². The van der Waals surface area contributed by atoms with E-state index < -0.39 is 12.1 Å². The van der Waals surface area contributed by atoms with Crippen molar-refractivity contribution < 1.29 is 27.9 Å². The monoisotopic (exact) mass is 490 g/mol. The number of carbonyl (C=O) groups is 2. The number of hydrogen-bond donors (Lipinski definition) is 3. The Morgan fingerprint density at radius 3 is 2.62 bits per heavy atom. The number of nitrogens with zero attached hydrogens (tertiary/aromatic N) is 4. The van der Waals surface area contributed by atoms with E-state index >= 15 is 0 Å². The second kappa shape index (κ2) is 10.1. The normalized spacial score (nSPS) is 14.4. The summed E-state index contributed by atoms with van der Waals surface area (Å²) in [6.45, 7) is 3.64. The van der Waals surface area contributed by atoms with Gasteiger partial charge in [-0.2, -0.15) is 13.2 Å². The van der Waals surface area contributed by atoms with E-state index in [1.807, 2.05) is 6.07 Å². The molecule has 0 aromatic carbocycles. The summed E-state index contributed by atoms with van der Waals surface area (Å²) in [7, 11) is 0. The Labute approximate surface area is 188 Å². The zero-order chi connectivity index (χ0) is 23.3. The molecule has 0 aliphatic carbocycles. The lowest BCUT2D eigenvalue weighted by atomic mass is 10.4. The van der Waals surface area contributed by atoms with Gasteiger partial charge in [0.2, 0.25) is 5.95 Å². The predicted molar refractivity (Wildman–Crippen MR) is 114 cm³/mol. The Balaban J connectivity index is 0.000000360. The lowest BCUT2D eigenvalue weighted by molar-refractivity contribution is -0.192. The fraction of sp³-hybridized carbons (Fsp3) is 0.333. The zero-order valence-electron chi connectivity index (χ0n) is 16.4. The van der Waals surface area contributed by atoms with Gasteiger partial charge in [-0.3, -0.25) is 4.79 Å². The number of carbonyl (C=O) groups excluding carboxylic acids is 1. The van der Waals surface area contributed by atoms with Crippen LogP contribution >= 0.6 is 22.9 Å². The molecule has 0 saturated carbocycles. The van der Waals surface area contributed by atoms with E-state index in [0.29, 0.717) is 22.4 Å². The second-order valence-electron chi connectivity index (χ2n) is 6.59. The largest absolute Gasteiger partial charge is 0.490 e. The Morgan fingerprint density at radius 1 is 1.22 bits per heavy atom. The molecule has 172 valence electrons. The zero-order valence-corrected chi connectivity index (χ0v) is 18.0. The van der Waals surface area contributed by atoms with Crippen molar-refractivity contribution in [1.82, 2.24) is 19.9 Å². The first kappa shape index (κ1) is 23.8. The first-order valence-electron chi connectivity index (χ1n) is 9.30. The number of amides is 1. The first-order valence-corrected chi connectivity index (χ1v) is 10.6. The SMILES string of the molecule is O=C(Nc1cscc1Cl)c1ccc2cnc(N3CCCNCC3)nn12.O=C(O)C(F)(F)F. The van der Waals surface area contributed by atoms with Gasteiger partial charge in [-0.05, 0) is 25.1 Å². The van der Waals surface area contributed by atoms with E-state index in [4.69, 9.17) is 21.5 Å². The van der Waals surface area contributed by atoms with Crippen LogP contribution in [-0.4, -0.2) is 63.9 Å². The Kier molecular flexibility index (Phi) is 7.53. The standard InChI is InChI=1S/C16H17ClN6OS.C2HF3O2/c17-12-9-25-10-13(12)20-15(24)14-3-2-11-8-19-16(21-23(11)14)22-6-1-4-18-5-7-22;3-2(4,5)1(6)7/h2-3,8-10,18H,1,4-7H2,(H,20,24);(H,6,7). The van der Waals surface area contributed by atoms with E-state index in [1.165, 1.54) is 11.3 Å². The summed E-state index contributed by atoms with van der Waals surface area (Å²) in [5.74, 6) is -2.37. The van der Waals surface area contributed by atoms with E-state index in [-0.39, 0.29) is 5.91 Å². The van der Waals surface area contributed by atoms with E-state index in [1.54, 1.807) is 27.5 Å². The van der Waals surface area contributed by atoms with E-state index in [9.17, 15) is 18.0 Å². The van der Waals surface area contributed by atoms with Crippen molar-refractivity contribution >= 4 is 52.0 Å². The molecule has 3 aromatic rings. The molecule has 1 fully saturated rings. The van der Waals surface area contributed by atoms with Gasteiger partial charge in [-0.25, -0.2) is 14.3 Å². The van der Waals surface area contributed by atoms with Crippen LogP contribution in [0, 0.1) is 0 Å². The van der Waals surface area contributed by atoms with Gasteiger partial charge in [0.25, 0.3) is 5.91 Å². The van der Waals surface area contributed by atoms with Crippen LogP contribution in [0.2, 0.25) is 5.02 Å². The molecule has 0 bridgehead atoms. The number of fused-ring (bicyclic) bond motifs is 1. The molecule has 4 heterocycles. The summed E-state index contributed by atoms with van der Waals surface area (Å²) in [6, 6.07) is 3.57. The number of hydrogen-bond acceptors (Lipinski definition) is 7. The Hall–Kier alpha value is -2.90. The molecular weight excluding hydrogens is 473 g/mol. The summed E-state index contributed by atoms with van der Waals surface area (Å²) < 4.78 is 33.4. The third-order valence-electron chi connectivity index (χ3n) is 4.35. The molecule has 32 heavy (non-hydrogen) atoms.